The third kappa shape index (κ3) is 2.24. The molecule has 1 nitrogen and oxygen atoms in total. The van der Waals surface area contributed by atoms with Crippen LogP contribution in [0, 0.1) is 6.92 Å². The summed E-state index contributed by atoms with van der Waals surface area (Å²) in [6.45, 7) is 6.62. The summed E-state index contributed by atoms with van der Waals surface area (Å²) >= 11 is 0. The van der Waals surface area contributed by atoms with Crippen LogP contribution in [0.25, 0.3) is 0 Å². The van der Waals surface area contributed by atoms with Gasteiger partial charge in [-0.15, -0.1) is 0 Å². The maximum absolute atomic E-state index is 5.20. The molecule has 0 spiro atoms. The average Bonchev–Trinajstić information content (AvgIpc) is 2.17. The third-order valence-electron chi connectivity index (χ3n) is 2.63. The zero-order valence-corrected chi connectivity index (χ0v) is 8.92. The van der Waals surface area contributed by atoms with Gasteiger partial charge in [0.05, 0.1) is 7.11 Å². The number of hydrogen-bond acceptors (Lipinski definition) is 1. The first-order valence-corrected chi connectivity index (χ1v) is 4.83. The van der Waals surface area contributed by atoms with Crippen LogP contribution in [-0.2, 0) is 0 Å². The lowest BCUT2D eigenvalue weighted by molar-refractivity contribution is 0.413. The molecule has 0 aromatic heterocycles. The van der Waals surface area contributed by atoms with Crippen LogP contribution in [0.5, 0.6) is 5.75 Å². The second kappa shape index (κ2) is 4.31. The lowest BCUT2D eigenvalue weighted by atomic mass is 9.94. The molecule has 1 atom stereocenters. The first-order chi connectivity index (χ1) is 6.19. The van der Waals surface area contributed by atoms with E-state index in [1.165, 1.54) is 17.5 Å². The largest absolute Gasteiger partial charge is 0.497 e. The Morgan fingerprint density at radius 3 is 2.62 bits per heavy atom. The van der Waals surface area contributed by atoms with Crippen LogP contribution in [0.15, 0.2) is 18.2 Å². The molecule has 0 fully saturated rings. The summed E-state index contributed by atoms with van der Waals surface area (Å²) in [4.78, 5) is 0. The van der Waals surface area contributed by atoms with Crippen molar-refractivity contribution in [1.82, 2.24) is 0 Å². The van der Waals surface area contributed by atoms with Gasteiger partial charge in [-0.2, -0.15) is 0 Å². The highest BCUT2D eigenvalue weighted by molar-refractivity contribution is 5.36. The highest BCUT2D eigenvalue weighted by Crippen LogP contribution is 2.26. The minimum absolute atomic E-state index is 0.620. The van der Waals surface area contributed by atoms with Gasteiger partial charge in [-0.1, -0.05) is 19.9 Å². The first kappa shape index (κ1) is 10.1. The molecule has 0 amide bonds. The Labute approximate surface area is 80.7 Å². The van der Waals surface area contributed by atoms with Crippen LogP contribution in [0.3, 0.4) is 0 Å². The van der Waals surface area contributed by atoms with E-state index >= 15 is 0 Å². The van der Waals surface area contributed by atoms with Crippen LogP contribution in [0.1, 0.15) is 37.3 Å². The summed E-state index contributed by atoms with van der Waals surface area (Å²) < 4.78 is 5.20. The summed E-state index contributed by atoms with van der Waals surface area (Å²) in [5.74, 6) is 1.58. The van der Waals surface area contributed by atoms with Crippen molar-refractivity contribution >= 4 is 0 Å². The standard InChI is InChI=1S/C12H18O/c1-5-9(2)12-8-11(13-4)7-6-10(12)3/h6-9H,5H2,1-4H3. The van der Waals surface area contributed by atoms with Gasteiger partial charge in [0, 0.05) is 0 Å². The van der Waals surface area contributed by atoms with E-state index in [2.05, 4.69) is 32.9 Å². The third-order valence-corrected chi connectivity index (χ3v) is 2.63. The Balaban J connectivity index is 3.03. The molecule has 0 saturated heterocycles. The van der Waals surface area contributed by atoms with Crippen LogP contribution < -0.4 is 4.74 Å². The SMILES string of the molecule is CCC(C)c1cc(OC)ccc1C. The molecule has 0 aliphatic rings. The monoisotopic (exact) mass is 178 g/mol. The molecule has 1 aromatic carbocycles. The van der Waals surface area contributed by atoms with Crippen LogP contribution in [-0.4, -0.2) is 7.11 Å². The maximum Gasteiger partial charge on any atom is 0.119 e. The Kier molecular flexibility index (Phi) is 3.35. The highest BCUT2D eigenvalue weighted by Gasteiger charge is 2.06. The second-order valence-electron chi connectivity index (χ2n) is 3.53. The molecule has 1 rings (SSSR count). The molecule has 1 unspecified atom stereocenters. The van der Waals surface area contributed by atoms with Crippen molar-refractivity contribution in [3.8, 4) is 5.75 Å². The molecule has 1 heteroatoms. The van der Waals surface area contributed by atoms with Gasteiger partial charge in [-0.25, -0.2) is 0 Å². The lowest BCUT2D eigenvalue weighted by Gasteiger charge is -2.13. The number of hydrogen-bond donors (Lipinski definition) is 0. The summed E-state index contributed by atoms with van der Waals surface area (Å²) in [7, 11) is 1.71. The quantitative estimate of drug-likeness (QED) is 0.688. The van der Waals surface area contributed by atoms with Crippen LogP contribution in [0.2, 0.25) is 0 Å². The summed E-state index contributed by atoms with van der Waals surface area (Å²) in [5.41, 5.74) is 2.76. The van der Waals surface area contributed by atoms with E-state index in [0.717, 1.165) is 5.75 Å². The topological polar surface area (TPSA) is 9.23 Å². The fourth-order valence-corrected chi connectivity index (χ4v) is 1.50. The van der Waals surface area contributed by atoms with E-state index in [9.17, 15) is 0 Å². The molecule has 13 heavy (non-hydrogen) atoms. The van der Waals surface area contributed by atoms with E-state index < -0.39 is 0 Å². The number of methoxy groups -OCH3 is 1. The summed E-state index contributed by atoms with van der Waals surface area (Å²) in [5, 5.41) is 0. The zero-order valence-electron chi connectivity index (χ0n) is 8.92. The maximum atomic E-state index is 5.20. The number of aryl methyl sites for hydroxylation is 1. The molecule has 0 aliphatic carbocycles. The molecule has 0 heterocycles. The van der Waals surface area contributed by atoms with Gasteiger partial charge in [0.2, 0.25) is 0 Å². The van der Waals surface area contributed by atoms with Crippen molar-refractivity contribution in [1.29, 1.82) is 0 Å². The molecule has 72 valence electrons. The van der Waals surface area contributed by atoms with E-state index in [-0.39, 0.29) is 0 Å². The van der Waals surface area contributed by atoms with Gasteiger partial charge in [0.25, 0.3) is 0 Å². The van der Waals surface area contributed by atoms with E-state index in [0.29, 0.717) is 5.92 Å². The molecular formula is C12H18O. The minimum atomic E-state index is 0.620. The predicted molar refractivity (Wildman–Crippen MR) is 56.4 cm³/mol. The van der Waals surface area contributed by atoms with Crippen molar-refractivity contribution in [3.05, 3.63) is 29.3 Å². The number of benzene rings is 1. The van der Waals surface area contributed by atoms with Crippen LogP contribution >= 0.6 is 0 Å². The Bertz CT molecular complexity index is 278. The average molecular weight is 178 g/mol. The summed E-state index contributed by atoms with van der Waals surface area (Å²) in [6.07, 6.45) is 1.17. The normalized spacial score (nSPS) is 12.6. The molecule has 0 radical (unpaired) electrons. The van der Waals surface area contributed by atoms with E-state index in [1.54, 1.807) is 7.11 Å². The number of rotatable bonds is 3. The smallest absolute Gasteiger partial charge is 0.119 e. The van der Waals surface area contributed by atoms with Gasteiger partial charge in [0.15, 0.2) is 0 Å². The molecule has 0 aliphatic heterocycles. The van der Waals surface area contributed by atoms with Crippen molar-refractivity contribution in [2.75, 3.05) is 7.11 Å². The Morgan fingerprint density at radius 2 is 2.08 bits per heavy atom. The van der Waals surface area contributed by atoms with Gasteiger partial charge in [-0.3, -0.25) is 0 Å². The molecule has 0 bridgehead atoms. The van der Waals surface area contributed by atoms with Crippen molar-refractivity contribution < 1.29 is 4.74 Å². The van der Waals surface area contributed by atoms with E-state index in [4.69, 9.17) is 4.74 Å². The fourth-order valence-electron chi connectivity index (χ4n) is 1.50. The summed E-state index contributed by atoms with van der Waals surface area (Å²) in [6, 6.07) is 6.28. The van der Waals surface area contributed by atoms with Crippen LogP contribution in [0.4, 0.5) is 0 Å². The molecule has 1 aromatic rings. The zero-order chi connectivity index (χ0) is 9.84. The predicted octanol–water partition coefficient (Wildman–Crippen LogP) is 3.52. The van der Waals surface area contributed by atoms with Gasteiger partial charge < -0.3 is 4.74 Å². The van der Waals surface area contributed by atoms with Crippen molar-refractivity contribution in [2.24, 2.45) is 0 Å². The van der Waals surface area contributed by atoms with E-state index in [1.807, 2.05) is 6.07 Å². The molecule has 0 saturated carbocycles. The first-order valence-electron chi connectivity index (χ1n) is 4.83. The lowest BCUT2D eigenvalue weighted by Crippen LogP contribution is -1.96. The second-order valence-corrected chi connectivity index (χ2v) is 3.53. The fraction of sp³-hybridized carbons (Fsp3) is 0.500. The van der Waals surface area contributed by atoms with Gasteiger partial charge in [0.1, 0.15) is 5.75 Å². The van der Waals surface area contributed by atoms with Gasteiger partial charge >= 0.3 is 0 Å². The molecule has 0 N–H and O–H groups in total. The minimum Gasteiger partial charge on any atom is -0.497 e. The number of ether oxygens (including phenoxy) is 1. The van der Waals surface area contributed by atoms with Crippen molar-refractivity contribution in [3.63, 3.8) is 0 Å². The van der Waals surface area contributed by atoms with Crippen molar-refractivity contribution in [2.45, 2.75) is 33.1 Å². The Hall–Kier alpha value is -0.980. The highest BCUT2D eigenvalue weighted by atomic mass is 16.5. The van der Waals surface area contributed by atoms with Gasteiger partial charge in [-0.05, 0) is 42.5 Å². The Morgan fingerprint density at radius 1 is 1.38 bits per heavy atom. The molecular weight excluding hydrogens is 160 g/mol.